The maximum Gasteiger partial charge on any atom is 0.330 e. The number of aliphatic imine (C=N–C) groups is 1. The third-order valence-electron chi connectivity index (χ3n) is 7.31. The molecule has 0 bridgehead atoms. The maximum absolute atomic E-state index is 12.1. The summed E-state index contributed by atoms with van der Waals surface area (Å²) in [4.78, 5) is 27.2. The van der Waals surface area contributed by atoms with Crippen LogP contribution in [0.25, 0.3) is 0 Å². The topological polar surface area (TPSA) is 165 Å². The summed E-state index contributed by atoms with van der Waals surface area (Å²) in [6, 6.07) is -1.10. The summed E-state index contributed by atoms with van der Waals surface area (Å²) in [5, 5.41) is 41.4. The quantitative estimate of drug-likeness (QED) is 0.0405. The first kappa shape index (κ1) is 36.9. The summed E-state index contributed by atoms with van der Waals surface area (Å²) >= 11 is 0. The van der Waals surface area contributed by atoms with Crippen LogP contribution in [0.2, 0.25) is 0 Å². The fourth-order valence-corrected chi connectivity index (χ4v) is 4.92. The predicted octanol–water partition coefficient (Wildman–Crippen LogP) is 4.98. The van der Waals surface area contributed by atoms with Gasteiger partial charge in [-0.2, -0.15) is 0 Å². The van der Waals surface area contributed by atoms with E-state index in [2.05, 4.69) is 30.2 Å². The van der Waals surface area contributed by atoms with Gasteiger partial charge in [-0.3, -0.25) is 0 Å². The van der Waals surface area contributed by atoms with Crippen molar-refractivity contribution >= 4 is 17.9 Å². The van der Waals surface area contributed by atoms with E-state index in [4.69, 9.17) is 10.8 Å². The number of guanidine groups is 1. The summed E-state index contributed by atoms with van der Waals surface area (Å²) < 4.78 is 0. The van der Waals surface area contributed by atoms with E-state index in [1.54, 1.807) is 24.3 Å². The molecule has 1 aliphatic carbocycles. The standard InChI is InChI=1S/C33H53N3O6/c1-4-25(17-18-31(39)40)11-7-13-27(20-26-12-8-14-28(21-26)23-37)22-30(32(41)42)36-33(34)35-19-9-16-29(38)15-6-5-10-24(2)3/h5-7,9,13,16-18,22,24-26,28-30,37-38H,4,8,10-12,14-15,19-21,23H2,1-3H3,(H,39,40)(H,41,42)(H3,34,35,36)/b6-5+,13-7+,16-9+,18-17+,27-22+. The molecular weight excluding hydrogens is 534 g/mol. The Kier molecular flexibility index (Phi) is 18.9. The third kappa shape index (κ3) is 17.6. The number of carboxylic acids is 2. The number of nitrogens with two attached hydrogens (primary N) is 1. The largest absolute Gasteiger partial charge is 0.479 e. The lowest BCUT2D eigenvalue weighted by atomic mass is 9.78. The fourth-order valence-electron chi connectivity index (χ4n) is 4.92. The Morgan fingerprint density at radius 2 is 1.71 bits per heavy atom. The number of nitrogens with zero attached hydrogens (tertiary/aromatic N) is 1. The number of nitrogens with one attached hydrogen (secondary N) is 1. The zero-order chi connectivity index (χ0) is 31.3. The second-order valence-corrected chi connectivity index (χ2v) is 11.5. The first-order chi connectivity index (χ1) is 20.0. The van der Waals surface area contributed by atoms with Crippen LogP contribution in [0.3, 0.4) is 0 Å². The number of carbonyl (C=O) groups is 2. The zero-order valence-electron chi connectivity index (χ0n) is 25.6. The van der Waals surface area contributed by atoms with E-state index >= 15 is 0 Å². The van der Waals surface area contributed by atoms with E-state index in [0.717, 1.165) is 50.2 Å². The minimum Gasteiger partial charge on any atom is -0.479 e. The SMILES string of the molecule is CCC(/C=C/C(=O)O)C/C=C/C(=C\C(NC(N)=NC/C=C/C(O)C/C=C/CC(C)C)C(=O)O)CC1CCCC(CO)C1. The molecule has 0 aromatic heterocycles. The van der Waals surface area contributed by atoms with Gasteiger partial charge in [0.2, 0.25) is 0 Å². The summed E-state index contributed by atoms with van der Waals surface area (Å²) in [5.41, 5.74) is 6.85. The van der Waals surface area contributed by atoms with Crippen LogP contribution in [0.15, 0.2) is 65.2 Å². The van der Waals surface area contributed by atoms with E-state index in [0.29, 0.717) is 31.1 Å². The molecule has 0 aromatic rings. The van der Waals surface area contributed by atoms with E-state index in [9.17, 15) is 24.9 Å². The van der Waals surface area contributed by atoms with Crippen molar-refractivity contribution in [3.63, 3.8) is 0 Å². The smallest absolute Gasteiger partial charge is 0.330 e. The molecule has 1 saturated carbocycles. The minimum atomic E-state index is -1.10. The van der Waals surface area contributed by atoms with Crippen LogP contribution in [0.4, 0.5) is 0 Å². The molecule has 5 unspecified atom stereocenters. The van der Waals surface area contributed by atoms with Crippen LogP contribution < -0.4 is 11.1 Å². The van der Waals surface area contributed by atoms with Crippen LogP contribution >= 0.6 is 0 Å². The highest BCUT2D eigenvalue weighted by Crippen LogP contribution is 2.33. The van der Waals surface area contributed by atoms with Gasteiger partial charge in [-0.15, -0.1) is 0 Å². The highest BCUT2D eigenvalue weighted by Gasteiger charge is 2.23. The van der Waals surface area contributed by atoms with Crippen molar-refractivity contribution in [2.24, 2.45) is 34.4 Å². The molecule has 0 heterocycles. The van der Waals surface area contributed by atoms with Gasteiger partial charge in [0.25, 0.3) is 0 Å². The second-order valence-electron chi connectivity index (χ2n) is 11.5. The number of hydrogen-bond donors (Lipinski definition) is 6. The van der Waals surface area contributed by atoms with Crippen molar-refractivity contribution in [2.75, 3.05) is 13.2 Å². The Morgan fingerprint density at radius 3 is 2.36 bits per heavy atom. The molecule has 0 aromatic carbocycles. The molecule has 9 nitrogen and oxygen atoms in total. The van der Waals surface area contributed by atoms with E-state index in [1.165, 1.54) is 0 Å². The molecule has 42 heavy (non-hydrogen) atoms. The molecule has 7 N–H and O–H groups in total. The van der Waals surface area contributed by atoms with Gasteiger partial charge >= 0.3 is 11.9 Å². The van der Waals surface area contributed by atoms with Crippen molar-refractivity contribution in [1.82, 2.24) is 5.32 Å². The Balaban J connectivity index is 2.95. The van der Waals surface area contributed by atoms with Crippen LogP contribution in [-0.2, 0) is 9.59 Å². The summed E-state index contributed by atoms with van der Waals surface area (Å²) in [7, 11) is 0. The highest BCUT2D eigenvalue weighted by molar-refractivity contribution is 5.86. The van der Waals surface area contributed by atoms with Crippen molar-refractivity contribution in [3.05, 3.63) is 60.3 Å². The Bertz CT molecular complexity index is 982. The lowest BCUT2D eigenvalue weighted by Crippen LogP contribution is -2.43. The van der Waals surface area contributed by atoms with Gasteiger partial charge in [0.15, 0.2) is 5.96 Å². The summed E-state index contributed by atoms with van der Waals surface area (Å²) in [6.07, 6.45) is 22.6. The van der Waals surface area contributed by atoms with Crippen molar-refractivity contribution < 1.29 is 30.0 Å². The molecule has 1 rings (SSSR count). The lowest BCUT2D eigenvalue weighted by Gasteiger charge is -2.28. The van der Waals surface area contributed by atoms with Gasteiger partial charge in [0.05, 0.1) is 12.6 Å². The fraction of sp³-hybridized carbons (Fsp3) is 0.606. The molecule has 9 heteroatoms. The van der Waals surface area contributed by atoms with Crippen molar-refractivity contribution in [2.45, 2.75) is 90.7 Å². The van der Waals surface area contributed by atoms with Gasteiger partial charge in [0, 0.05) is 12.7 Å². The second kappa shape index (κ2) is 21.5. The molecule has 0 spiro atoms. The number of hydrogen-bond acceptors (Lipinski definition) is 5. The first-order valence-electron chi connectivity index (χ1n) is 15.2. The van der Waals surface area contributed by atoms with Gasteiger partial charge in [-0.25, -0.2) is 14.6 Å². The number of aliphatic hydroxyl groups excluding tert-OH is 2. The van der Waals surface area contributed by atoms with Crippen LogP contribution in [0.5, 0.6) is 0 Å². The molecule has 0 amide bonds. The number of rotatable bonds is 19. The van der Waals surface area contributed by atoms with E-state index < -0.39 is 24.1 Å². The number of carboxylic acid groups (broad SMARTS) is 2. The third-order valence-corrected chi connectivity index (χ3v) is 7.31. The predicted molar refractivity (Wildman–Crippen MR) is 169 cm³/mol. The molecule has 0 aliphatic heterocycles. The Labute approximate surface area is 251 Å². The molecule has 1 fully saturated rings. The summed E-state index contributed by atoms with van der Waals surface area (Å²) in [6.45, 7) is 6.62. The monoisotopic (exact) mass is 587 g/mol. The van der Waals surface area contributed by atoms with Crippen molar-refractivity contribution in [3.8, 4) is 0 Å². The van der Waals surface area contributed by atoms with Gasteiger partial charge in [-0.1, -0.05) is 76.1 Å². The average molecular weight is 588 g/mol. The van der Waals surface area contributed by atoms with Gasteiger partial charge < -0.3 is 31.5 Å². The Hall–Kier alpha value is -3.17. The molecule has 0 radical (unpaired) electrons. The van der Waals surface area contributed by atoms with Crippen LogP contribution in [-0.4, -0.2) is 63.6 Å². The average Bonchev–Trinajstić information content (AvgIpc) is 2.94. The minimum absolute atomic E-state index is 0.0131. The van der Waals surface area contributed by atoms with Gasteiger partial charge in [0.1, 0.15) is 6.04 Å². The molecule has 236 valence electrons. The van der Waals surface area contributed by atoms with Crippen LogP contribution in [0.1, 0.15) is 78.6 Å². The van der Waals surface area contributed by atoms with E-state index in [1.807, 2.05) is 25.2 Å². The van der Waals surface area contributed by atoms with E-state index in [-0.39, 0.29) is 30.9 Å². The number of aliphatic carboxylic acids is 2. The highest BCUT2D eigenvalue weighted by atomic mass is 16.4. The molecular formula is C33H53N3O6. The van der Waals surface area contributed by atoms with Crippen molar-refractivity contribution in [1.29, 1.82) is 0 Å². The molecule has 5 atom stereocenters. The molecule has 1 aliphatic rings. The van der Waals surface area contributed by atoms with Crippen LogP contribution in [0, 0.1) is 23.7 Å². The maximum atomic E-state index is 12.1. The number of aliphatic hydroxyl groups is 2. The number of allylic oxidation sites excluding steroid dienone is 5. The summed E-state index contributed by atoms with van der Waals surface area (Å²) in [5.74, 6) is -0.860. The first-order valence-corrected chi connectivity index (χ1v) is 15.2. The lowest BCUT2D eigenvalue weighted by molar-refractivity contribution is -0.137. The zero-order valence-corrected chi connectivity index (χ0v) is 25.6. The molecule has 0 saturated heterocycles. The normalized spacial score (nSPS) is 21.1. The van der Waals surface area contributed by atoms with Gasteiger partial charge in [-0.05, 0) is 80.3 Å². The Morgan fingerprint density at radius 1 is 1.00 bits per heavy atom.